The first-order chi connectivity index (χ1) is 10.2. The van der Waals surface area contributed by atoms with E-state index in [0.717, 1.165) is 0 Å². The van der Waals surface area contributed by atoms with Crippen LogP contribution in [0.25, 0.3) is 0 Å². The summed E-state index contributed by atoms with van der Waals surface area (Å²) in [5.41, 5.74) is 0.311. The quantitative estimate of drug-likeness (QED) is 0.781. The van der Waals surface area contributed by atoms with Gasteiger partial charge in [0.05, 0.1) is 12.3 Å². The molecule has 0 bridgehead atoms. The number of benzene rings is 1. The van der Waals surface area contributed by atoms with Crippen LogP contribution in [0, 0.1) is 0 Å². The Hall–Kier alpha value is -2.24. The molecule has 0 aliphatic carbocycles. The van der Waals surface area contributed by atoms with Gasteiger partial charge in [0, 0.05) is 5.54 Å². The van der Waals surface area contributed by atoms with E-state index in [1.54, 1.807) is 6.92 Å². The molecule has 122 valence electrons. The maximum absolute atomic E-state index is 12.0. The summed E-state index contributed by atoms with van der Waals surface area (Å²) in [5, 5.41) is 8.04. The minimum atomic E-state index is -0.577. The fourth-order valence-corrected chi connectivity index (χ4v) is 1.76. The average molecular weight is 307 g/mol. The van der Waals surface area contributed by atoms with E-state index in [1.807, 2.05) is 52.0 Å². The molecule has 0 saturated carbocycles. The zero-order valence-corrected chi connectivity index (χ0v) is 13.8. The molecule has 0 aromatic heterocycles. The van der Waals surface area contributed by atoms with Crippen LogP contribution in [0.1, 0.15) is 34.6 Å². The van der Waals surface area contributed by atoms with Crippen LogP contribution in [0.2, 0.25) is 0 Å². The molecule has 3 N–H and O–H groups in total. The second-order valence-electron chi connectivity index (χ2n) is 5.99. The standard InChI is InChI=1S/C16H25N3O3/c1-6-22-13-10-8-7-9-12(13)17-11(2)14(20)18-15(21)19-16(3,4)5/h7-11,17H,6H2,1-5H3,(H2,18,19,20,21)/t11-/m1/s1. The molecular weight excluding hydrogens is 282 g/mol. The molecule has 0 saturated heterocycles. The predicted molar refractivity (Wildman–Crippen MR) is 87.1 cm³/mol. The van der Waals surface area contributed by atoms with Gasteiger partial charge in [-0.3, -0.25) is 10.1 Å². The zero-order valence-electron chi connectivity index (χ0n) is 13.8. The molecule has 3 amide bonds. The number of para-hydroxylation sites is 2. The lowest BCUT2D eigenvalue weighted by Crippen LogP contribution is -2.51. The Balaban J connectivity index is 2.63. The molecule has 0 heterocycles. The SMILES string of the molecule is CCOc1ccccc1N[C@H](C)C(=O)NC(=O)NC(C)(C)C. The van der Waals surface area contributed by atoms with E-state index in [1.165, 1.54) is 0 Å². The predicted octanol–water partition coefficient (Wildman–Crippen LogP) is 2.51. The summed E-state index contributed by atoms with van der Waals surface area (Å²) in [6, 6.07) is 6.27. The number of hydrogen-bond acceptors (Lipinski definition) is 4. The summed E-state index contributed by atoms with van der Waals surface area (Å²) in [6.45, 7) is 9.64. The largest absolute Gasteiger partial charge is 0.492 e. The van der Waals surface area contributed by atoms with Crippen LogP contribution < -0.4 is 20.7 Å². The fraction of sp³-hybridized carbons (Fsp3) is 0.500. The molecule has 1 atom stereocenters. The lowest BCUT2D eigenvalue weighted by Gasteiger charge is -2.22. The van der Waals surface area contributed by atoms with E-state index in [0.29, 0.717) is 18.0 Å². The van der Waals surface area contributed by atoms with Crippen LogP contribution >= 0.6 is 0 Å². The first-order valence-electron chi connectivity index (χ1n) is 7.34. The molecule has 0 radical (unpaired) electrons. The minimum absolute atomic E-state index is 0.400. The third-order valence-electron chi connectivity index (χ3n) is 2.68. The Morgan fingerprint density at radius 3 is 2.45 bits per heavy atom. The van der Waals surface area contributed by atoms with Crippen LogP contribution in [0.15, 0.2) is 24.3 Å². The Morgan fingerprint density at radius 2 is 1.86 bits per heavy atom. The van der Waals surface area contributed by atoms with Gasteiger partial charge in [-0.25, -0.2) is 4.79 Å². The van der Waals surface area contributed by atoms with Crippen molar-refractivity contribution in [2.45, 2.75) is 46.2 Å². The Bertz CT molecular complexity index is 524. The van der Waals surface area contributed by atoms with E-state index in [-0.39, 0.29) is 0 Å². The van der Waals surface area contributed by atoms with Crippen molar-refractivity contribution in [2.24, 2.45) is 0 Å². The normalized spacial score (nSPS) is 12.2. The number of amides is 3. The summed E-state index contributed by atoms with van der Waals surface area (Å²) < 4.78 is 5.49. The molecule has 0 unspecified atom stereocenters. The second-order valence-corrected chi connectivity index (χ2v) is 5.99. The van der Waals surface area contributed by atoms with Crippen LogP contribution in [0.4, 0.5) is 10.5 Å². The van der Waals surface area contributed by atoms with Crippen molar-refractivity contribution in [3.8, 4) is 5.75 Å². The maximum Gasteiger partial charge on any atom is 0.321 e. The van der Waals surface area contributed by atoms with E-state index in [2.05, 4.69) is 16.0 Å². The van der Waals surface area contributed by atoms with Crippen molar-refractivity contribution < 1.29 is 14.3 Å². The number of urea groups is 1. The highest BCUT2D eigenvalue weighted by atomic mass is 16.5. The molecule has 1 rings (SSSR count). The van der Waals surface area contributed by atoms with Crippen molar-refractivity contribution in [3.63, 3.8) is 0 Å². The molecule has 1 aromatic rings. The molecular formula is C16H25N3O3. The second kappa shape index (κ2) is 7.68. The van der Waals surface area contributed by atoms with Gasteiger partial charge < -0.3 is 15.4 Å². The zero-order chi connectivity index (χ0) is 16.8. The molecule has 1 aromatic carbocycles. The topological polar surface area (TPSA) is 79.5 Å². The molecule has 6 heteroatoms. The van der Waals surface area contributed by atoms with Gasteiger partial charge >= 0.3 is 6.03 Å². The molecule has 0 fully saturated rings. The number of imide groups is 1. The summed E-state index contributed by atoms with van der Waals surface area (Å²) >= 11 is 0. The van der Waals surface area contributed by atoms with Crippen molar-refractivity contribution in [2.75, 3.05) is 11.9 Å². The van der Waals surface area contributed by atoms with Gasteiger partial charge in [0.25, 0.3) is 0 Å². The van der Waals surface area contributed by atoms with Crippen molar-refractivity contribution >= 4 is 17.6 Å². The highest BCUT2D eigenvalue weighted by Crippen LogP contribution is 2.24. The van der Waals surface area contributed by atoms with Crippen LogP contribution in [-0.2, 0) is 4.79 Å². The van der Waals surface area contributed by atoms with Gasteiger partial charge in [-0.05, 0) is 46.8 Å². The first kappa shape index (κ1) is 17.8. The first-order valence-corrected chi connectivity index (χ1v) is 7.34. The number of carbonyl (C=O) groups excluding carboxylic acids is 2. The number of anilines is 1. The fourth-order valence-electron chi connectivity index (χ4n) is 1.76. The number of hydrogen-bond donors (Lipinski definition) is 3. The smallest absolute Gasteiger partial charge is 0.321 e. The third-order valence-corrected chi connectivity index (χ3v) is 2.68. The van der Waals surface area contributed by atoms with Crippen LogP contribution in [-0.4, -0.2) is 30.1 Å². The van der Waals surface area contributed by atoms with E-state index >= 15 is 0 Å². The number of nitrogens with one attached hydrogen (secondary N) is 3. The van der Waals surface area contributed by atoms with E-state index in [9.17, 15) is 9.59 Å². The molecule has 0 aliphatic heterocycles. The summed E-state index contributed by atoms with van der Waals surface area (Å²) in [7, 11) is 0. The van der Waals surface area contributed by atoms with Crippen molar-refractivity contribution in [1.82, 2.24) is 10.6 Å². The molecule has 0 spiro atoms. The van der Waals surface area contributed by atoms with Gasteiger partial charge in [-0.2, -0.15) is 0 Å². The average Bonchev–Trinajstić information content (AvgIpc) is 2.38. The number of rotatable bonds is 5. The Kier molecular flexibility index (Phi) is 6.22. The Morgan fingerprint density at radius 1 is 1.23 bits per heavy atom. The summed E-state index contributed by atoms with van der Waals surface area (Å²) in [6.07, 6.45) is 0. The van der Waals surface area contributed by atoms with Gasteiger partial charge in [0.2, 0.25) is 5.91 Å². The van der Waals surface area contributed by atoms with Gasteiger partial charge in [0.15, 0.2) is 0 Å². The van der Waals surface area contributed by atoms with Gasteiger partial charge in [0.1, 0.15) is 11.8 Å². The van der Waals surface area contributed by atoms with Gasteiger partial charge in [-0.1, -0.05) is 12.1 Å². The minimum Gasteiger partial charge on any atom is -0.492 e. The Labute approximate surface area is 131 Å². The molecule has 6 nitrogen and oxygen atoms in total. The van der Waals surface area contributed by atoms with Crippen LogP contribution in [0.5, 0.6) is 5.75 Å². The highest BCUT2D eigenvalue weighted by molar-refractivity contribution is 5.98. The lowest BCUT2D eigenvalue weighted by atomic mass is 10.1. The highest BCUT2D eigenvalue weighted by Gasteiger charge is 2.20. The van der Waals surface area contributed by atoms with Gasteiger partial charge in [-0.15, -0.1) is 0 Å². The van der Waals surface area contributed by atoms with E-state index in [4.69, 9.17) is 4.74 Å². The maximum atomic E-state index is 12.0. The lowest BCUT2D eigenvalue weighted by molar-refractivity contribution is -0.120. The monoisotopic (exact) mass is 307 g/mol. The summed E-state index contributed by atoms with van der Waals surface area (Å²) in [5.74, 6) is 0.261. The van der Waals surface area contributed by atoms with Crippen LogP contribution in [0.3, 0.4) is 0 Å². The van der Waals surface area contributed by atoms with Crippen molar-refractivity contribution in [3.05, 3.63) is 24.3 Å². The van der Waals surface area contributed by atoms with E-state index < -0.39 is 23.5 Å². The molecule has 0 aliphatic rings. The number of carbonyl (C=O) groups is 2. The molecule has 22 heavy (non-hydrogen) atoms. The summed E-state index contributed by atoms with van der Waals surface area (Å²) in [4.78, 5) is 23.7. The third kappa shape index (κ3) is 6.03. The number of ether oxygens (including phenoxy) is 1. The van der Waals surface area contributed by atoms with Crippen molar-refractivity contribution in [1.29, 1.82) is 0 Å².